The molecular weight excluding hydrogens is 632 g/mol. The third-order valence-electron chi connectivity index (χ3n) is 10.2. The number of hydrogen-bond acceptors (Lipinski definition) is 7. The Morgan fingerprint density at radius 3 is 2.24 bits per heavy atom. The molecule has 0 aliphatic carbocycles. The first-order valence-electron chi connectivity index (χ1n) is 17.4. The fourth-order valence-electron chi connectivity index (χ4n) is 7.35. The molecule has 2 saturated heterocycles. The molecule has 3 aliphatic heterocycles. The topological polar surface area (TPSA) is 132 Å². The summed E-state index contributed by atoms with van der Waals surface area (Å²) in [5.41, 5.74) is 3.27. The molecule has 4 heterocycles. The third-order valence-corrected chi connectivity index (χ3v) is 10.2. The van der Waals surface area contributed by atoms with E-state index >= 15 is 0 Å². The van der Waals surface area contributed by atoms with Gasteiger partial charge in [0.05, 0.1) is 30.5 Å². The van der Waals surface area contributed by atoms with Crippen molar-refractivity contribution in [3.8, 4) is 0 Å². The molecule has 3 atom stereocenters. The van der Waals surface area contributed by atoms with Crippen molar-refractivity contribution < 1.29 is 24.6 Å². The maximum atomic E-state index is 14.3. The first kappa shape index (κ1) is 33.4. The number of rotatable bonds is 12. The van der Waals surface area contributed by atoms with Gasteiger partial charge in [0, 0.05) is 61.5 Å². The Kier molecular flexibility index (Phi) is 9.35. The molecule has 1 unspecified atom stereocenters. The van der Waals surface area contributed by atoms with E-state index in [0.29, 0.717) is 61.5 Å². The number of aliphatic hydroxyl groups excluding tert-OH is 1. The highest BCUT2D eigenvalue weighted by Gasteiger charge is 2.52. The Morgan fingerprint density at radius 2 is 1.58 bits per heavy atom. The number of carbonyl (C=O) groups is 3. The summed E-state index contributed by atoms with van der Waals surface area (Å²) in [5, 5.41) is 30.9. The summed E-state index contributed by atoms with van der Waals surface area (Å²) >= 11 is 0. The molecular formula is C39H42N6O5. The minimum atomic E-state index is -1.85. The van der Waals surface area contributed by atoms with Gasteiger partial charge in [-0.05, 0) is 60.7 Å². The summed E-state index contributed by atoms with van der Waals surface area (Å²) in [7, 11) is 0. The average Bonchev–Trinajstić information content (AvgIpc) is 3.93. The number of carbonyl (C=O) groups excluding carboxylic acids is 3. The Morgan fingerprint density at radius 1 is 0.900 bits per heavy atom. The van der Waals surface area contributed by atoms with Gasteiger partial charge in [0.15, 0.2) is 5.60 Å². The summed E-state index contributed by atoms with van der Waals surface area (Å²) in [6.45, 7) is 3.82. The highest BCUT2D eigenvalue weighted by Crippen LogP contribution is 2.47. The van der Waals surface area contributed by atoms with Gasteiger partial charge in [0.1, 0.15) is 0 Å². The van der Waals surface area contributed by atoms with Crippen LogP contribution in [0.1, 0.15) is 67.3 Å². The van der Waals surface area contributed by atoms with Gasteiger partial charge < -0.3 is 24.9 Å². The van der Waals surface area contributed by atoms with E-state index in [1.807, 2.05) is 92.0 Å². The van der Waals surface area contributed by atoms with Gasteiger partial charge in [-0.3, -0.25) is 19.1 Å². The zero-order valence-electron chi connectivity index (χ0n) is 28.2. The first-order chi connectivity index (χ1) is 24.3. The molecule has 0 saturated carbocycles. The van der Waals surface area contributed by atoms with Crippen molar-refractivity contribution in [2.45, 2.75) is 63.6 Å². The average molecular weight is 675 g/mol. The van der Waals surface area contributed by atoms with Crippen molar-refractivity contribution in [2.24, 2.45) is 5.92 Å². The number of allylic oxidation sites excluding steroid dienone is 1. The molecule has 3 aliphatic rings. The van der Waals surface area contributed by atoms with Crippen LogP contribution in [0.15, 0.2) is 91.1 Å². The van der Waals surface area contributed by atoms with Crippen LogP contribution in [0, 0.1) is 5.92 Å². The lowest BCUT2D eigenvalue weighted by atomic mass is 9.82. The number of fused-ring (bicyclic) bond motifs is 1. The lowest BCUT2D eigenvalue weighted by Crippen LogP contribution is -2.44. The number of amides is 3. The molecule has 258 valence electrons. The molecule has 2 fully saturated rings. The van der Waals surface area contributed by atoms with E-state index in [2.05, 4.69) is 10.3 Å². The first-order valence-corrected chi connectivity index (χ1v) is 17.4. The molecule has 50 heavy (non-hydrogen) atoms. The Balaban J connectivity index is 1.09. The highest BCUT2D eigenvalue weighted by atomic mass is 16.3. The van der Waals surface area contributed by atoms with E-state index in [-0.39, 0.29) is 30.9 Å². The van der Waals surface area contributed by atoms with Crippen molar-refractivity contribution in [2.75, 3.05) is 34.4 Å². The summed E-state index contributed by atoms with van der Waals surface area (Å²) < 4.78 is 1.73. The maximum Gasteiger partial charge on any atom is 0.264 e. The number of nitrogens with zero attached hydrogens (tertiary/aromatic N) is 6. The van der Waals surface area contributed by atoms with Crippen LogP contribution in [-0.2, 0) is 33.1 Å². The highest BCUT2D eigenvalue weighted by molar-refractivity contribution is 6.08. The van der Waals surface area contributed by atoms with Crippen LogP contribution in [0.5, 0.6) is 0 Å². The quantitative estimate of drug-likeness (QED) is 0.209. The molecule has 11 nitrogen and oxygen atoms in total. The lowest BCUT2D eigenvalue weighted by molar-refractivity contribution is -0.139. The fourth-order valence-corrected chi connectivity index (χ4v) is 7.35. The predicted molar refractivity (Wildman–Crippen MR) is 189 cm³/mol. The summed E-state index contributed by atoms with van der Waals surface area (Å²) in [4.78, 5) is 44.3. The molecule has 3 amide bonds. The molecule has 2 N–H and O–H groups in total. The van der Waals surface area contributed by atoms with Gasteiger partial charge in [-0.15, -0.1) is 5.10 Å². The Hall–Kier alpha value is -5.13. The van der Waals surface area contributed by atoms with Crippen LogP contribution in [0.25, 0.3) is 0 Å². The van der Waals surface area contributed by atoms with E-state index in [1.165, 1.54) is 0 Å². The van der Waals surface area contributed by atoms with Gasteiger partial charge in [0.2, 0.25) is 11.8 Å². The van der Waals surface area contributed by atoms with E-state index in [1.54, 1.807) is 25.4 Å². The van der Waals surface area contributed by atoms with Crippen molar-refractivity contribution in [1.29, 1.82) is 0 Å². The van der Waals surface area contributed by atoms with Gasteiger partial charge in [-0.1, -0.05) is 66.8 Å². The minimum Gasteiger partial charge on any atom is -0.395 e. The van der Waals surface area contributed by atoms with Crippen LogP contribution in [0.4, 0.5) is 17.1 Å². The normalized spacial score (nSPS) is 20.4. The fraction of sp³-hybridized carbons (Fsp3) is 0.359. The van der Waals surface area contributed by atoms with Crippen LogP contribution < -0.4 is 14.7 Å². The van der Waals surface area contributed by atoms with Gasteiger partial charge in [-0.25, -0.2) is 0 Å². The van der Waals surface area contributed by atoms with E-state index in [0.717, 1.165) is 29.7 Å². The zero-order chi connectivity index (χ0) is 34.8. The number of benzene rings is 3. The predicted octanol–water partition coefficient (Wildman–Crippen LogP) is 4.67. The largest absolute Gasteiger partial charge is 0.395 e. The number of hydrogen-bond donors (Lipinski definition) is 2. The second kappa shape index (κ2) is 14.0. The molecule has 3 aromatic carbocycles. The Bertz CT molecular complexity index is 1910. The van der Waals surface area contributed by atoms with Crippen molar-refractivity contribution >= 4 is 34.8 Å². The number of aryl methyl sites for hydroxylation is 1. The lowest BCUT2D eigenvalue weighted by Gasteiger charge is -2.28. The van der Waals surface area contributed by atoms with Crippen molar-refractivity contribution in [1.82, 2.24) is 15.0 Å². The van der Waals surface area contributed by atoms with Gasteiger partial charge >= 0.3 is 0 Å². The van der Waals surface area contributed by atoms with Gasteiger partial charge in [0.25, 0.3) is 5.91 Å². The van der Waals surface area contributed by atoms with Crippen LogP contribution in [0.3, 0.4) is 0 Å². The second-order valence-electron chi connectivity index (χ2n) is 13.4. The van der Waals surface area contributed by atoms with Crippen molar-refractivity contribution in [3.63, 3.8) is 0 Å². The zero-order valence-corrected chi connectivity index (χ0v) is 28.2. The maximum absolute atomic E-state index is 14.3. The molecule has 1 aromatic heterocycles. The number of anilines is 3. The molecule has 0 spiro atoms. The van der Waals surface area contributed by atoms with E-state index < -0.39 is 17.4 Å². The SMILES string of the molecule is C[C@@H](/C=C/CCn1cc(C(CO)c2ccccc2)nn1)[C@]1(O)C(=O)N(Cc2ccc(N3CCCC3=O)cc2)c2ccc(N3CCCC3=O)cc21. The summed E-state index contributed by atoms with van der Waals surface area (Å²) in [6.07, 6.45) is 8.86. The second-order valence-corrected chi connectivity index (χ2v) is 13.4. The summed E-state index contributed by atoms with van der Waals surface area (Å²) in [5.74, 6) is -1.13. The standard InChI is InChI=1S/C39H42N6O5/c1-27(9-5-6-20-42-25-34(40-41-42)32(26-46)29-10-3-2-4-11-29)39(50)33-23-31(44-22-8-13-37(44)48)18-19-35(33)45(38(39)49)24-28-14-16-30(17-15-28)43-21-7-12-36(43)47/h2-5,9-11,14-19,23,25,27,32,46,50H,6-8,12-13,20-22,24,26H2,1H3/b9-5+/t27-,32?,39+/m0/s1. The number of aliphatic hydroxyl groups is 2. The monoisotopic (exact) mass is 674 g/mol. The summed E-state index contributed by atoms with van der Waals surface area (Å²) in [6, 6.07) is 22.8. The molecule has 0 radical (unpaired) electrons. The molecule has 7 rings (SSSR count). The van der Waals surface area contributed by atoms with Crippen LogP contribution >= 0.6 is 0 Å². The number of aromatic nitrogens is 3. The Labute approximate surface area is 291 Å². The van der Waals surface area contributed by atoms with Crippen LogP contribution in [-0.4, -0.2) is 62.6 Å². The smallest absolute Gasteiger partial charge is 0.264 e. The molecule has 0 bridgehead atoms. The third kappa shape index (κ3) is 6.23. The van der Waals surface area contributed by atoms with E-state index in [9.17, 15) is 24.6 Å². The molecule has 11 heteroatoms. The van der Waals surface area contributed by atoms with Crippen LogP contribution in [0.2, 0.25) is 0 Å². The van der Waals surface area contributed by atoms with Gasteiger partial charge in [-0.2, -0.15) is 0 Å². The minimum absolute atomic E-state index is 0.0320. The van der Waals surface area contributed by atoms with Crippen molar-refractivity contribution in [3.05, 3.63) is 114 Å². The molecule has 4 aromatic rings. The van der Waals surface area contributed by atoms with E-state index in [4.69, 9.17) is 0 Å².